The Morgan fingerprint density at radius 3 is 2.32 bits per heavy atom. The van der Waals surface area contributed by atoms with Gasteiger partial charge in [0.25, 0.3) is 5.91 Å². The van der Waals surface area contributed by atoms with Crippen LogP contribution in [0.15, 0.2) is 60.7 Å². The maximum Gasteiger partial charge on any atom is 0.309 e. The molecule has 2 aromatic rings. The number of hydrogen-bond donors (Lipinski definition) is 1. The van der Waals surface area contributed by atoms with Crippen molar-refractivity contribution in [3.05, 3.63) is 71.8 Å². The highest BCUT2D eigenvalue weighted by molar-refractivity contribution is 6.24. The largest absolute Gasteiger partial charge is 0.469 e. The van der Waals surface area contributed by atoms with E-state index in [-0.39, 0.29) is 23.7 Å². The van der Waals surface area contributed by atoms with E-state index < -0.39 is 0 Å². The fraction of sp³-hybridized carbons (Fsp3) is 0.333. The summed E-state index contributed by atoms with van der Waals surface area (Å²) in [7, 11) is 1.43. The number of rotatable bonds is 6. The maximum absolute atomic E-state index is 13.0. The minimum atomic E-state index is -0.165. The summed E-state index contributed by atoms with van der Waals surface area (Å²) in [6.07, 6.45) is 5.79. The first-order valence-electron chi connectivity index (χ1n) is 9.87. The summed E-state index contributed by atoms with van der Waals surface area (Å²) >= 11 is 0. The van der Waals surface area contributed by atoms with Gasteiger partial charge in [-0.2, -0.15) is 0 Å². The number of benzene rings is 2. The Labute approximate surface area is 166 Å². The molecule has 0 spiro atoms. The number of amides is 1. The van der Waals surface area contributed by atoms with Gasteiger partial charge < -0.3 is 10.1 Å². The maximum atomic E-state index is 13.0. The van der Waals surface area contributed by atoms with Gasteiger partial charge in [-0.05, 0) is 36.0 Å². The van der Waals surface area contributed by atoms with Crippen LogP contribution in [0, 0.1) is 11.8 Å². The molecule has 0 aliphatic heterocycles. The van der Waals surface area contributed by atoms with Crippen molar-refractivity contribution >= 4 is 23.5 Å². The lowest BCUT2D eigenvalue weighted by Crippen LogP contribution is -2.37. The van der Waals surface area contributed by atoms with E-state index in [1.54, 1.807) is 0 Å². The van der Waals surface area contributed by atoms with E-state index in [1.807, 2.05) is 66.7 Å². The minimum Gasteiger partial charge on any atom is -0.469 e. The third-order valence-electron chi connectivity index (χ3n) is 5.38. The van der Waals surface area contributed by atoms with Gasteiger partial charge in [0.05, 0.1) is 13.0 Å². The molecule has 0 heterocycles. The van der Waals surface area contributed by atoms with Gasteiger partial charge in [0.2, 0.25) is 0 Å². The number of carbonyl (C=O) groups is 2. The van der Waals surface area contributed by atoms with E-state index >= 15 is 0 Å². The second-order valence-electron chi connectivity index (χ2n) is 7.22. The van der Waals surface area contributed by atoms with Crippen LogP contribution in [-0.2, 0) is 14.3 Å². The Hall–Kier alpha value is -2.88. The molecule has 1 aliphatic carbocycles. The van der Waals surface area contributed by atoms with Crippen molar-refractivity contribution in [2.45, 2.75) is 25.7 Å². The van der Waals surface area contributed by atoms with Gasteiger partial charge in [-0.25, -0.2) is 0 Å². The molecule has 4 heteroatoms. The molecule has 1 aliphatic rings. The smallest absolute Gasteiger partial charge is 0.309 e. The quantitative estimate of drug-likeness (QED) is 0.463. The third kappa shape index (κ3) is 5.10. The zero-order chi connectivity index (χ0) is 19.8. The molecule has 2 atom stereocenters. The van der Waals surface area contributed by atoms with Gasteiger partial charge in [0.1, 0.15) is 0 Å². The van der Waals surface area contributed by atoms with Crippen LogP contribution in [0.3, 0.4) is 0 Å². The molecule has 0 saturated heterocycles. The lowest BCUT2D eigenvalue weighted by Gasteiger charge is -2.29. The number of carbonyl (C=O) groups excluding carboxylic acids is 2. The van der Waals surface area contributed by atoms with E-state index in [2.05, 4.69) is 5.32 Å². The average molecular weight is 377 g/mol. The van der Waals surface area contributed by atoms with E-state index in [0.717, 1.165) is 36.8 Å². The van der Waals surface area contributed by atoms with Crippen molar-refractivity contribution < 1.29 is 14.3 Å². The van der Waals surface area contributed by atoms with Gasteiger partial charge in [-0.1, -0.05) is 73.5 Å². The van der Waals surface area contributed by atoms with E-state index in [9.17, 15) is 9.59 Å². The summed E-state index contributed by atoms with van der Waals surface area (Å²) in [6.45, 7) is 0.484. The summed E-state index contributed by atoms with van der Waals surface area (Å²) < 4.78 is 4.96. The first-order chi connectivity index (χ1) is 13.7. The molecule has 4 nitrogen and oxygen atoms in total. The molecule has 1 fully saturated rings. The number of ether oxygens (including phenoxy) is 1. The Kier molecular flexibility index (Phi) is 7.01. The Morgan fingerprint density at radius 2 is 1.64 bits per heavy atom. The highest BCUT2D eigenvalue weighted by atomic mass is 16.5. The number of esters is 1. The van der Waals surface area contributed by atoms with Crippen molar-refractivity contribution in [1.29, 1.82) is 0 Å². The van der Waals surface area contributed by atoms with Gasteiger partial charge >= 0.3 is 5.97 Å². The van der Waals surface area contributed by atoms with Crippen molar-refractivity contribution in [2.24, 2.45) is 11.8 Å². The molecular weight excluding hydrogens is 350 g/mol. The topological polar surface area (TPSA) is 55.4 Å². The third-order valence-corrected chi connectivity index (χ3v) is 5.38. The van der Waals surface area contributed by atoms with Crippen LogP contribution in [0.4, 0.5) is 0 Å². The molecule has 2 unspecified atom stereocenters. The highest BCUT2D eigenvalue weighted by Gasteiger charge is 2.32. The van der Waals surface area contributed by atoms with Crippen LogP contribution in [-0.4, -0.2) is 25.5 Å². The molecule has 1 N–H and O–H groups in total. The lowest BCUT2D eigenvalue weighted by atomic mass is 9.79. The Morgan fingerprint density at radius 1 is 1.00 bits per heavy atom. The molecule has 0 bridgehead atoms. The monoisotopic (exact) mass is 377 g/mol. The Bertz CT molecular complexity index is 814. The van der Waals surface area contributed by atoms with Gasteiger partial charge in [-0.3, -0.25) is 9.59 Å². The molecule has 0 aromatic heterocycles. The zero-order valence-electron chi connectivity index (χ0n) is 16.3. The van der Waals surface area contributed by atoms with Gasteiger partial charge in [0.15, 0.2) is 0 Å². The normalized spacial score (nSPS) is 19.7. The minimum absolute atomic E-state index is 0.121. The van der Waals surface area contributed by atoms with Crippen molar-refractivity contribution in [2.75, 3.05) is 13.7 Å². The number of nitrogens with one attached hydrogen (secondary N) is 1. The van der Waals surface area contributed by atoms with Crippen LogP contribution in [0.5, 0.6) is 0 Å². The average Bonchev–Trinajstić information content (AvgIpc) is 2.76. The van der Waals surface area contributed by atoms with Crippen LogP contribution in [0.1, 0.15) is 36.8 Å². The van der Waals surface area contributed by atoms with E-state index in [0.29, 0.717) is 12.1 Å². The predicted octanol–water partition coefficient (Wildman–Crippen LogP) is 4.32. The molecule has 28 heavy (non-hydrogen) atoms. The fourth-order valence-electron chi connectivity index (χ4n) is 3.85. The van der Waals surface area contributed by atoms with Crippen molar-refractivity contribution in [3.8, 4) is 0 Å². The van der Waals surface area contributed by atoms with Crippen LogP contribution in [0.2, 0.25) is 0 Å². The van der Waals surface area contributed by atoms with Gasteiger partial charge in [-0.15, -0.1) is 0 Å². The summed E-state index contributed by atoms with van der Waals surface area (Å²) in [6, 6.07) is 19.5. The second-order valence-corrected chi connectivity index (χ2v) is 7.22. The fourth-order valence-corrected chi connectivity index (χ4v) is 3.85. The lowest BCUT2D eigenvalue weighted by molar-refractivity contribution is -0.148. The van der Waals surface area contributed by atoms with Crippen molar-refractivity contribution in [1.82, 2.24) is 5.32 Å². The first kappa shape index (κ1) is 19.9. The summed E-state index contributed by atoms with van der Waals surface area (Å²) in [4.78, 5) is 25.1. The molecule has 1 amide bonds. The van der Waals surface area contributed by atoms with Crippen molar-refractivity contribution in [3.63, 3.8) is 0 Å². The molecule has 1 saturated carbocycles. The van der Waals surface area contributed by atoms with Crippen LogP contribution >= 0.6 is 0 Å². The summed E-state index contributed by atoms with van der Waals surface area (Å²) in [5.41, 5.74) is 2.47. The molecular formula is C24H27NO3. The van der Waals surface area contributed by atoms with Gasteiger partial charge in [0, 0.05) is 12.1 Å². The van der Waals surface area contributed by atoms with E-state index in [4.69, 9.17) is 4.74 Å². The second kappa shape index (κ2) is 9.88. The number of hydrogen-bond acceptors (Lipinski definition) is 3. The first-order valence-corrected chi connectivity index (χ1v) is 9.87. The van der Waals surface area contributed by atoms with E-state index in [1.165, 1.54) is 7.11 Å². The summed E-state index contributed by atoms with van der Waals surface area (Å²) in [5.74, 6) is -0.289. The summed E-state index contributed by atoms with van der Waals surface area (Å²) in [5, 5.41) is 3.07. The molecule has 3 rings (SSSR count). The predicted molar refractivity (Wildman–Crippen MR) is 111 cm³/mol. The molecule has 2 aromatic carbocycles. The standard InChI is InChI=1S/C24H27NO3/c1-28-24(27)21-15-9-8-14-20(21)17-25-23(26)22(19-12-6-3-7-13-19)16-18-10-4-2-5-11-18/h2-7,10-13,16,20-21H,8-9,14-15,17H2,1H3,(H,25,26)/b22-16-. The van der Waals surface area contributed by atoms with Crippen LogP contribution in [0.25, 0.3) is 11.6 Å². The zero-order valence-corrected chi connectivity index (χ0v) is 16.3. The Balaban J connectivity index is 1.76. The number of methoxy groups -OCH3 is 1. The highest BCUT2D eigenvalue weighted by Crippen LogP contribution is 2.30. The molecule has 0 radical (unpaired) electrons. The SMILES string of the molecule is COC(=O)C1CCCCC1CNC(=O)/C(=C\c1ccccc1)c1ccccc1. The molecule has 146 valence electrons. The van der Waals surface area contributed by atoms with Crippen LogP contribution < -0.4 is 5.32 Å².